The van der Waals surface area contributed by atoms with E-state index in [9.17, 15) is 30.3 Å². The maximum atomic E-state index is 11.3. The molecule has 43 heavy (non-hydrogen) atoms. The summed E-state index contributed by atoms with van der Waals surface area (Å²) < 4.78 is 0. The summed E-state index contributed by atoms with van der Waals surface area (Å²) in [5, 5.41) is 60.4. The molecule has 12 heteroatoms. The molecule has 0 saturated carbocycles. The lowest BCUT2D eigenvalue weighted by atomic mass is 9.74. The van der Waals surface area contributed by atoms with Crippen LogP contribution in [0.5, 0.6) is 0 Å². The molecule has 0 bridgehead atoms. The highest BCUT2D eigenvalue weighted by Gasteiger charge is 2.61. The number of rotatable bonds is 6. The van der Waals surface area contributed by atoms with Gasteiger partial charge in [0.2, 0.25) is 0 Å². The van der Waals surface area contributed by atoms with Gasteiger partial charge in [0.05, 0.1) is 18.1 Å². The minimum atomic E-state index is -1.00. The van der Waals surface area contributed by atoms with Crippen molar-refractivity contribution in [2.24, 2.45) is 23.7 Å². The number of piperidine rings is 1. The third-order valence-corrected chi connectivity index (χ3v) is 10.2. The Kier molecular flexibility index (Phi) is 12.5. The van der Waals surface area contributed by atoms with E-state index in [1.165, 1.54) is 10.1 Å². The molecule has 3 atom stereocenters. The Morgan fingerprint density at radius 2 is 1.14 bits per heavy atom. The lowest BCUT2D eigenvalue weighted by Crippen LogP contribution is -2.59. The summed E-state index contributed by atoms with van der Waals surface area (Å²) in [7, 11) is 0. The summed E-state index contributed by atoms with van der Waals surface area (Å²) in [6.45, 7) is 25.1. The first kappa shape index (κ1) is 39.6. The number of carboxylic acid groups (broad SMARTS) is 2. The Labute approximate surface area is 258 Å². The number of aliphatic carboxylic acids is 2. The van der Waals surface area contributed by atoms with Gasteiger partial charge in [0.25, 0.3) is 0 Å². The fraction of sp³-hybridized carbons (Fsp3) is 0.935. The fourth-order valence-corrected chi connectivity index (χ4v) is 8.19. The lowest BCUT2D eigenvalue weighted by molar-refractivity contribution is -0.261. The SMILES string of the molecule is CC1(C)C(COO)C(C(=O)O)C(C)(C)N1O.CC1(C)CC(CC(=O)O)CC(C)(C)N1O.CCC1CC(C)(C)N(O)C1(C)C. The van der Waals surface area contributed by atoms with Gasteiger partial charge >= 0.3 is 11.9 Å². The highest BCUT2D eigenvalue weighted by molar-refractivity contribution is 5.73. The Bertz CT molecular complexity index is 946. The van der Waals surface area contributed by atoms with Crippen LogP contribution in [0.2, 0.25) is 0 Å². The van der Waals surface area contributed by atoms with Crippen molar-refractivity contribution in [3.8, 4) is 0 Å². The van der Waals surface area contributed by atoms with Gasteiger partial charge in [-0.25, -0.2) is 4.89 Å². The lowest BCUT2D eigenvalue weighted by Gasteiger charge is -2.51. The molecular weight excluding hydrogens is 558 g/mol. The number of hydrogen-bond donors (Lipinski definition) is 6. The van der Waals surface area contributed by atoms with Crippen molar-refractivity contribution >= 4 is 11.9 Å². The molecule has 3 aliphatic rings. The molecular formula is C31H61N3O9. The molecule has 0 radical (unpaired) electrons. The van der Waals surface area contributed by atoms with E-state index in [0.717, 1.165) is 30.7 Å². The number of nitrogens with zero attached hydrogens (tertiary/aromatic N) is 3. The van der Waals surface area contributed by atoms with E-state index >= 15 is 0 Å². The normalized spacial score (nSPS) is 31.0. The zero-order chi connectivity index (χ0) is 34.1. The molecule has 0 aromatic carbocycles. The van der Waals surface area contributed by atoms with Crippen LogP contribution in [0.3, 0.4) is 0 Å². The molecule has 3 rings (SSSR count). The second-order valence-corrected chi connectivity index (χ2v) is 16.2. The largest absolute Gasteiger partial charge is 0.481 e. The Morgan fingerprint density at radius 1 is 0.698 bits per heavy atom. The molecule has 254 valence electrons. The first-order valence-corrected chi connectivity index (χ1v) is 15.3. The Morgan fingerprint density at radius 3 is 1.44 bits per heavy atom. The molecule has 3 aliphatic heterocycles. The van der Waals surface area contributed by atoms with Crippen molar-refractivity contribution in [1.82, 2.24) is 15.2 Å². The summed E-state index contributed by atoms with van der Waals surface area (Å²) >= 11 is 0. The van der Waals surface area contributed by atoms with Gasteiger partial charge in [-0.1, -0.05) is 13.3 Å². The molecule has 3 heterocycles. The van der Waals surface area contributed by atoms with E-state index in [-0.39, 0.29) is 41.1 Å². The van der Waals surface area contributed by atoms with Crippen LogP contribution < -0.4 is 0 Å². The molecule has 0 aromatic rings. The quantitative estimate of drug-likeness (QED) is 0.155. The van der Waals surface area contributed by atoms with Crippen LogP contribution in [0.15, 0.2) is 0 Å². The average Bonchev–Trinajstić information content (AvgIpc) is 3.08. The van der Waals surface area contributed by atoms with Gasteiger partial charge in [-0.15, -0.1) is 0 Å². The summed E-state index contributed by atoms with van der Waals surface area (Å²) in [6.07, 6.45) is 3.87. The molecule has 6 N–H and O–H groups in total. The maximum Gasteiger partial charge on any atom is 0.308 e. The fourth-order valence-electron chi connectivity index (χ4n) is 8.19. The van der Waals surface area contributed by atoms with E-state index < -0.39 is 34.9 Å². The molecule has 3 unspecified atom stereocenters. The first-order valence-electron chi connectivity index (χ1n) is 15.3. The second kappa shape index (κ2) is 13.5. The zero-order valence-electron chi connectivity index (χ0n) is 28.8. The third-order valence-electron chi connectivity index (χ3n) is 10.2. The zero-order valence-corrected chi connectivity index (χ0v) is 28.8. The van der Waals surface area contributed by atoms with Crippen LogP contribution in [0, 0.1) is 23.7 Å². The number of hydroxylamine groups is 6. The third kappa shape index (κ3) is 8.46. The Hall–Kier alpha value is -1.38. The first-order chi connectivity index (χ1) is 19.1. The molecule has 0 aromatic heterocycles. The molecule has 0 amide bonds. The van der Waals surface area contributed by atoms with E-state index in [0.29, 0.717) is 5.92 Å². The van der Waals surface area contributed by atoms with Gasteiger partial charge in [0, 0.05) is 40.0 Å². The molecule has 3 fully saturated rings. The van der Waals surface area contributed by atoms with Gasteiger partial charge in [0.15, 0.2) is 0 Å². The van der Waals surface area contributed by atoms with Crippen molar-refractivity contribution in [3.05, 3.63) is 0 Å². The van der Waals surface area contributed by atoms with Crippen LogP contribution in [0.25, 0.3) is 0 Å². The minimum absolute atomic E-state index is 0.0514. The highest BCUT2D eigenvalue weighted by Crippen LogP contribution is 2.48. The van der Waals surface area contributed by atoms with Crippen LogP contribution in [0.4, 0.5) is 0 Å². The summed E-state index contributed by atoms with van der Waals surface area (Å²) in [5.41, 5.74) is -2.47. The standard InChI is InChI=1S/C11H21NO3.C10H19NO5.C10H21NO/c1-10(2)6-8(5-9(13)14)7-11(3,4)12(10)15;1-9(2)6(5-16-15)7(8(12)13)10(3,4)11(9)14;1-6-8-7-9(2,3)11(12)10(8,4)5/h8,15H,5-7H2,1-4H3,(H,13,14);6-7,14-15H,5H2,1-4H3,(H,12,13);8,12H,6-7H2,1-5H3. The number of carboxylic acids is 2. The summed E-state index contributed by atoms with van der Waals surface area (Å²) in [6, 6.07) is 0. The Balaban J connectivity index is 0.000000326. The monoisotopic (exact) mass is 619 g/mol. The summed E-state index contributed by atoms with van der Waals surface area (Å²) in [5.74, 6) is -2.29. The molecule has 3 saturated heterocycles. The van der Waals surface area contributed by atoms with Crippen molar-refractivity contribution in [3.63, 3.8) is 0 Å². The van der Waals surface area contributed by atoms with Crippen molar-refractivity contribution in [2.75, 3.05) is 6.61 Å². The van der Waals surface area contributed by atoms with Crippen LogP contribution >= 0.6 is 0 Å². The number of carbonyl (C=O) groups is 2. The topological polar surface area (TPSA) is 174 Å². The van der Waals surface area contributed by atoms with Crippen LogP contribution in [-0.2, 0) is 14.5 Å². The van der Waals surface area contributed by atoms with E-state index in [4.69, 9.17) is 10.4 Å². The van der Waals surface area contributed by atoms with Crippen LogP contribution in [-0.4, -0.2) is 98.1 Å². The maximum absolute atomic E-state index is 11.3. The van der Waals surface area contributed by atoms with Crippen molar-refractivity contribution < 1.29 is 45.6 Å². The second-order valence-electron chi connectivity index (χ2n) is 16.2. The predicted octanol–water partition coefficient (Wildman–Crippen LogP) is 5.84. The molecule has 0 aliphatic carbocycles. The van der Waals surface area contributed by atoms with E-state index in [1.54, 1.807) is 27.7 Å². The summed E-state index contributed by atoms with van der Waals surface area (Å²) in [4.78, 5) is 26.0. The van der Waals surface area contributed by atoms with Gasteiger partial charge < -0.3 is 25.8 Å². The van der Waals surface area contributed by atoms with E-state index in [1.807, 2.05) is 27.7 Å². The molecule has 12 nitrogen and oxygen atoms in total. The predicted molar refractivity (Wildman–Crippen MR) is 162 cm³/mol. The van der Waals surface area contributed by atoms with Crippen molar-refractivity contribution in [2.45, 2.75) is 155 Å². The smallest absolute Gasteiger partial charge is 0.308 e. The van der Waals surface area contributed by atoms with Gasteiger partial charge in [-0.3, -0.25) is 14.8 Å². The van der Waals surface area contributed by atoms with Crippen molar-refractivity contribution in [1.29, 1.82) is 0 Å². The van der Waals surface area contributed by atoms with Crippen LogP contribution in [0.1, 0.15) is 122 Å². The number of hydrogen-bond acceptors (Lipinski definition) is 10. The van der Waals surface area contributed by atoms with Gasteiger partial charge in [0.1, 0.15) is 0 Å². The minimum Gasteiger partial charge on any atom is -0.481 e. The highest BCUT2D eigenvalue weighted by atomic mass is 17.1. The van der Waals surface area contributed by atoms with Gasteiger partial charge in [-0.05, 0) is 114 Å². The van der Waals surface area contributed by atoms with Gasteiger partial charge in [-0.2, -0.15) is 15.2 Å². The van der Waals surface area contributed by atoms with E-state index in [2.05, 4.69) is 39.5 Å². The molecule has 0 spiro atoms. The average molecular weight is 620 g/mol.